The van der Waals surface area contributed by atoms with Crippen LogP contribution in [0.1, 0.15) is 66.2 Å². The summed E-state index contributed by atoms with van der Waals surface area (Å²) in [5, 5.41) is 0. The molecule has 0 spiro atoms. The Morgan fingerprint density at radius 3 is 2.54 bits per heavy atom. The van der Waals surface area contributed by atoms with Crippen LogP contribution in [0.5, 0.6) is 0 Å². The molecule has 0 aromatic heterocycles. The molecule has 1 saturated carbocycles. The maximum absolute atomic E-state index is 2.44. The lowest BCUT2D eigenvalue weighted by Crippen LogP contribution is -2.22. The smallest absolute Gasteiger partial charge is 0.0352 e. The SMILES string of the molecule is CC(C)CCC1CCCC(C)(C)C1. The lowest BCUT2D eigenvalue weighted by Gasteiger charge is -2.35. The Kier molecular flexibility index (Phi) is 3.82. The minimum absolute atomic E-state index is 0.639. The van der Waals surface area contributed by atoms with Crippen LogP contribution in [0.4, 0.5) is 0 Å². The van der Waals surface area contributed by atoms with E-state index in [1.807, 2.05) is 0 Å². The van der Waals surface area contributed by atoms with Crippen molar-refractivity contribution in [2.24, 2.45) is 17.3 Å². The first-order valence-electron chi connectivity index (χ1n) is 5.99. The molecule has 0 heterocycles. The fourth-order valence-electron chi connectivity index (χ4n) is 2.67. The van der Waals surface area contributed by atoms with E-state index in [4.69, 9.17) is 0 Å². The molecule has 0 amide bonds. The summed E-state index contributed by atoms with van der Waals surface area (Å²) in [7, 11) is 0. The van der Waals surface area contributed by atoms with Gasteiger partial charge in [-0.3, -0.25) is 0 Å². The average Bonchev–Trinajstić information content (AvgIpc) is 1.99. The van der Waals surface area contributed by atoms with Gasteiger partial charge in [0.05, 0.1) is 0 Å². The monoisotopic (exact) mass is 182 g/mol. The van der Waals surface area contributed by atoms with Gasteiger partial charge in [-0.15, -0.1) is 0 Å². The van der Waals surface area contributed by atoms with Gasteiger partial charge < -0.3 is 0 Å². The van der Waals surface area contributed by atoms with Gasteiger partial charge in [-0.1, -0.05) is 53.4 Å². The van der Waals surface area contributed by atoms with Crippen molar-refractivity contribution in [1.82, 2.24) is 0 Å². The maximum atomic E-state index is 2.44. The van der Waals surface area contributed by atoms with Crippen molar-refractivity contribution in [3.05, 3.63) is 0 Å². The normalized spacial score (nSPS) is 27.9. The highest BCUT2D eigenvalue weighted by Gasteiger charge is 2.27. The predicted octanol–water partition coefficient (Wildman–Crippen LogP) is 4.64. The highest BCUT2D eigenvalue weighted by Crippen LogP contribution is 2.40. The third-order valence-corrected chi connectivity index (χ3v) is 3.46. The molecule has 0 aromatic rings. The zero-order chi connectivity index (χ0) is 9.90. The average molecular weight is 182 g/mol. The molecule has 1 fully saturated rings. The van der Waals surface area contributed by atoms with Crippen molar-refractivity contribution in [3.63, 3.8) is 0 Å². The fourth-order valence-corrected chi connectivity index (χ4v) is 2.67. The number of hydrogen-bond donors (Lipinski definition) is 0. The van der Waals surface area contributed by atoms with E-state index in [0.717, 1.165) is 11.8 Å². The topological polar surface area (TPSA) is 0 Å². The number of hydrogen-bond acceptors (Lipinski definition) is 0. The molecule has 0 aromatic carbocycles. The van der Waals surface area contributed by atoms with E-state index >= 15 is 0 Å². The fraction of sp³-hybridized carbons (Fsp3) is 1.00. The zero-order valence-electron chi connectivity index (χ0n) is 9.90. The Morgan fingerprint density at radius 1 is 1.31 bits per heavy atom. The third kappa shape index (κ3) is 4.15. The largest absolute Gasteiger partial charge is 0.0628 e. The molecule has 1 unspecified atom stereocenters. The van der Waals surface area contributed by atoms with Gasteiger partial charge in [0.1, 0.15) is 0 Å². The van der Waals surface area contributed by atoms with Gasteiger partial charge in [-0.25, -0.2) is 0 Å². The Bertz CT molecular complexity index is 144. The van der Waals surface area contributed by atoms with E-state index in [0.29, 0.717) is 5.41 Å². The van der Waals surface area contributed by atoms with Crippen molar-refractivity contribution in [3.8, 4) is 0 Å². The van der Waals surface area contributed by atoms with Crippen molar-refractivity contribution in [2.75, 3.05) is 0 Å². The van der Waals surface area contributed by atoms with Crippen LogP contribution in [0.25, 0.3) is 0 Å². The van der Waals surface area contributed by atoms with Crippen LogP contribution < -0.4 is 0 Å². The van der Waals surface area contributed by atoms with Crippen LogP contribution in [-0.4, -0.2) is 0 Å². The second-order valence-electron chi connectivity index (χ2n) is 6.10. The van der Waals surface area contributed by atoms with Crippen molar-refractivity contribution < 1.29 is 0 Å². The van der Waals surface area contributed by atoms with Gasteiger partial charge in [0, 0.05) is 0 Å². The second-order valence-corrected chi connectivity index (χ2v) is 6.10. The van der Waals surface area contributed by atoms with Crippen LogP contribution in [-0.2, 0) is 0 Å². The minimum atomic E-state index is 0.639. The molecule has 0 heteroatoms. The lowest BCUT2D eigenvalue weighted by molar-refractivity contribution is 0.168. The standard InChI is InChI=1S/C13H26/c1-11(2)7-8-12-6-5-9-13(3,4)10-12/h11-12H,5-10H2,1-4H3. The van der Waals surface area contributed by atoms with Gasteiger partial charge in [0.15, 0.2) is 0 Å². The summed E-state index contributed by atoms with van der Waals surface area (Å²) in [5.41, 5.74) is 0.639. The van der Waals surface area contributed by atoms with Gasteiger partial charge in [-0.05, 0) is 30.1 Å². The molecule has 1 rings (SSSR count). The summed E-state index contributed by atoms with van der Waals surface area (Å²) in [4.78, 5) is 0. The van der Waals surface area contributed by atoms with Crippen LogP contribution in [0.15, 0.2) is 0 Å². The third-order valence-electron chi connectivity index (χ3n) is 3.46. The molecule has 0 N–H and O–H groups in total. The van der Waals surface area contributed by atoms with Gasteiger partial charge >= 0.3 is 0 Å². The molecular weight excluding hydrogens is 156 g/mol. The van der Waals surface area contributed by atoms with Crippen molar-refractivity contribution >= 4 is 0 Å². The summed E-state index contributed by atoms with van der Waals surface area (Å²) in [6.07, 6.45) is 8.79. The van der Waals surface area contributed by atoms with Gasteiger partial charge in [0.25, 0.3) is 0 Å². The molecule has 1 aliphatic carbocycles. The summed E-state index contributed by atoms with van der Waals surface area (Å²) in [5.74, 6) is 1.93. The first-order chi connectivity index (χ1) is 5.99. The highest BCUT2D eigenvalue weighted by molar-refractivity contribution is 4.79. The maximum Gasteiger partial charge on any atom is -0.0352 e. The van der Waals surface area contributed by atoms with E-state index in [9.17, 15) is 0 Å². The Hall–Kier alpha value is 0. The summed E-state index contributed by atoms with van der Waals surface area (Å²) in [6.45, 7) is 9.56. The van der Waals surface area contributed by atoms with Gasteiger partial charge in [0.2, 0.25) is 0 Å². The Morgan fingerprint density at radius 2 is 2.00 bits per heavy atom. The first-order valence-corrected chi connectivity index (χ1v) is 5.99. The molecule has 1 atom stereocenters. The summed E-state index contributed by atoms with van der Waals surface area (Å²) in [6, 6.07) is 0. The van der Waals surface area contributed by atoms with Crippen LogP contribution in [0.2, 0.25) is 0 Å². The van der Waals surface area contributed by atoms with E-state index in [-0.39, 0.29) is 0 Å². The van der Waals surface area contributed by atoms with E-state index in [1.54, 1.807) is 0 Å². The predicted molar refractivity (Wildman–Crippen MR) is 59.8 cm³/mol. The van der Waals surface area contributed by atoms with Crippen molar-refractivity contribution in [2.45, 2.75) is 66.2 Å². The first kappa shape index (κ1) is 11.1. The van der Waals surface area contributed by atoms with E-state index in [2.05, 4.69) is 27.7 Å². The quantitative estimate of drug-likeness (QED) is 0.596. The Balaban J connectivity index is 2.26. The lowest BCUT2D eigenvalue weighted by atomic mass is 9.71. The van der Waals surface area contributed by atoms with E-state index in [1.165, 1.54) is 38.5 Å². The molecule has 0 saturated heterocycles. The van der Waals surface area contributed by atoms with Gasteiger partial charge in [-0.2, -0.15) is 0 Å². The zero-order valence-corrected chi connectivity index (χ0v) is 9.90. The van der Waals surface area contributed by atoms with E-state index < -0.39 is 0 Å². The molecule has 0 radical (unpaired) electrons. The van der Waals surface area contributed by atoms with Crippen LogP contribution >= 0.6 is 0 Å². The van der Waals surface area contributed by atoms with Crippen molar-refractivity contribution in [1.29, 1.82) is 0 Å². The second kappa shape index (κ2) is 4.48. The Labute approximate surface area is 84.1 Å². The molecule has 0 nitrogen and oxygen atoms in total. The minimum Gasteiger partial charge on any atom is -0.0628 e. The molecule has 78 valence electrons. The summed E-state index contributed by atoms with van der Waals surface area (Å²) >= 11 is 0. The summed E-state index contributed by atoms with van der Waals surface area (Å²) < 4.78 is 0. The number of rotatable bonds is 3. The highest BCUT2D eigenvalue weighted by atomic mass is 14.3. The van der Waals surface area contributed by atoms with Crippen LogP contribution in [0.3, 0.4) is 0 Å². The molecule has 1 aliphatic rings. The van der Waals surface area contributed by atoms with Crippen LogP contribution in [0, 0.1) is 17.3 Å². The molecule has 0 aliphatic heterocycles. The molecule has 13 heavy (non-hydrogen) atoms. The molecule has 0 bridgehead atoms. The molecular formula is C13H26.